The molecule has 0 spiro atoms. The number of amides is 1. The first-order chi connectivity index (χ1) is 16.0. The van der Waals surface area contributed by atoms with Crippen LogP contribution in [0, 0.1) is 25.2 Å². The number of piperidine rings is 1. The minimum atomic E-state index is 0.0591. The van der Waals surface area contributed by atoms with E-state index in [1.54, 1.807) is 12.0 Å². The molecule has 0 saturated carbocycles. The summed E-state index contributed by atoms with van der Waals surface area (Å²) in [5, 5.41) is 10.3. The molecule has 0 atom stereocenters. The third-order valence-corrected chi connectivity index (χ3v) is 6.86. The SMILES string of the molecule is COc1ccc2[nH]cc(C3CCN(CC(=O)N(CCC#N)c4ccc(C)c(C)c4)CC3)c2c1. The summed E-state index contributed by atoms with van der Waals surface area (Å²) < 4.78 is 5.41. The van der Waals surface area contributed by atoms with Gasteiger partial charge in [0.05, 0.1) is 26.1 Å². The Balaban J connectivity index is 1.41. The summed E-state index contributed by atoms with van der Waals surface area (Å²) in [4.78, 5) is 20.6. The van der Waals surface area contributed by atoms with E-state index in [1.165, 1.54) is 16.5 Å². The van der Waals surface area contributed by atoms with Crippen molar-refractivity contribution in [2.24, 2.45) is 0 Å². The van der Waals surface area contributed by atoms with E-state index in [2.05, 4.69) is 48.1 Å². The number of nitrogens with zero attached hydrogens (tertiary/aromatic N) is 3. The summed E-state index contributed by atoms with van der Waals surface area (Å²) in [5.74, 6) is 1.39. The third-order valence-electron chi connectivity index (χ3n) is 6.86. The summed E-state index contributed by atoms with van der Waals surface area (Å²) in [6, 6.07) is 14.4. The number of nitrogens with one attached hydrogen (secondary N) is 1. The van der Waals surface area contributed by atoms with Gasteiger partial charge in [-0.05, 0) is 92.7 Å². The lowest BCUT2D eigenvalue weighted by Gasteiger charge is -2.33. The van der Waals surface area contributed by atoms with Gasteiger partial charge in [0.15, 0.2) is 0 Å². The molecule has 0 unspecified atom stereocenters. The first kappa shape index (κ1) is 22.9. The van der Waals surface area contributed by atoms with Crippen LogP contribution in [0.15, 0.2) is 42.6 Å². The van der Waals surface area contributed by atoms with E-state index in [0.717, 1.165) is 48.4 Å². The highest BCUT2D eigenvalue weighted by molar-refractivity contribution is 5.95. The van der Waals surface area contributed by atoms with Gasteiger partial charge in [0.2, 0.25) is 5.91 Å². The molecule has 6 heteroatoms. The largest absolute Gasteiger partial charge is 0.497 e. The lowest BCUT2D eigenvalue weighted by molar-refractivity contribution is -0.120. The minimum absolute atomic E-state index is 0.0591. The van der Waals surface area contributed by atoms with E-state index in [4.69, 9.17) is 10.00 Å². The van der Waals surface area contributed by atoms with Gasteiger partial charge < -0.3 is 14.6 Å². The van der Waals surface area contributed by atoms with Crippen molar-refractivity contribution in [3.63, 3.8) is 0 Å². The number of anilines is 1. The lowest BCUT2D eigenvalue weighted by Crippen LogP contribution is -2.43. The molecule has 2 aromatic carbocycles. The maximum absolute atomic E-state index is 13.2. The predicted octanol–water partition coefficient (Wildman–Crippen LogP) is 4.92. The monoisotopic (exact) mass is 444 g/mol. The van der Waals surface area contributed by atoms with Crippen LogP contribution in [-0.4, -0.2) is 49.1 Å². The van der Waals surface area contributed by atoms with Crippen molar-refractivity contribution in [1.82, 2.24) is 9.88 Å². The van der Waals surface area contributed by atoms with Gasteiger partial charge >= 0.3 is 0 Å². The number of methoxy groups -OCH3 is 1. The van der Waals surface area contributed by atoms with Gasteiger partial charge in [0.25, 0.3) is 0 Å². The Labute approximate surface area is 195 Å². The van der Waals surface area contributed by atoms with Gasteiger partial charge in [-0.2, -0.15) is 5.26 Å². The van der Waals surface area contributed by atoms with Crippen LogP contribution in [0.4, 0.5) is 5.69 Å². The topological polar surface area (TPSA) is 72.4 Å². The van der Waals surface area contributed by atoms with E-state index in [-0.39, 0.29) is 5.91 Å². The Hall–Kier alpha value is -3.30. The Morgan fingerprint density at radius 2 is 1.97 bits per heavy atom. The molecule has 172 valence electrons. The summed E-state index contributed by atoms with van der Waals surface area (Å²) in [6.45, 7) is 6.68. The average Bonchev–Trinajstić information content (AvgIpc) is 3.25. The Bertz CT molecular complexity index is 1170. The van der Waals surface area contributed by atoms with Gasteiger partial charge in [0, 0.05) is 29.3 Å². The van der Waals surface area contributed by atoms with Gasteiger partial charge in [-0.1, -0.05) is 6.07 Å². The van der Waals surface area contributed by atoms with E-state index in [9.17, 15) is 4.79 Å². The fourth-order valence-corrected chi connectivity index (χ4v) is 4.72. The van der Waals surface area contributed by atoms with E-state index < -0.39 is 0 Å². The number of fused-ring (bicyclic) bond motifs is 1. The van der Waals surface area contributed by atoms with Crippen LogP contribution in [-0.2, 0) is 4.79 Å². The normalized spacial score (nSPS) is 14.8. The number of hydrogen-bond donors (Lipinski definition) is 1. The number of carbonyl (C=O) groups is 1. The van der Waals surface area contributed by atoms with Crippen molar-refractivity contribution in [2.45, 2.75) is 39.0 Å². The van der Waals surface area contributed by atoms with Crippen molar-refractivity contribution in [1.29, 1.82) is 5.26 Å². The smallest absolute Gasteiger partial charge is 0.241 e. The Kier molecular flexibility index (Phi) is 7.00. The summed E-state index contributed by atoms with van der Waals surface area (Å²) in [6.07, 6.45) is 4.47. The standard InChI is InChI=1S/C27H32N4O2/c1-19-5-6-22(15-20(19)2)31(12-4-11-28)27(32)18-30-13-9-21(10-14-30)25-17-29-26-8-7-23(33-3)16-24(25)26/h5-8,15-17,21,29H,4,9-10,12-14,18H2,1-3H3. The van der Waals surface area contributed by atoms with Gasteiger partial charge in [-0.3, -0.25) is 9.69 Å². The van der Waals surface area contributed by atoms with E-state index in [1.807, 2.05) is 24.3 Å². The second kappa shape index (κ2) is 10.1. The van der Waals surface area contributed by atoms with Gasteiger partial charge in [0.1, 0.15) is 5.75 Å². The molecular formula is C27H32N4O2. The predicted molar refractivity (Wildman–Crippen MR) is 132 cm³/mol. The van der Waals surface area contributed by atoms with Crippen LogP contribution >= 0.6 is 0 Å². The van der Waals surface area contributed by atoms with Crippen molar-refractivity contribution < 1.29 is 9.53 Å². The van der Waals surface area contributed by atoms with Crippen LogP contribution in [0.3, 0.4) is 0 Å². The molecule has 6 nitrogen and oxygen atoms in total. The summed E-state index contributed by atoms with van der Waals surface area (Å²) >= 11 is 0. The quantitative estimate of drug-likeness (QED) is 0.561. The average molecular weight is 445 g/mol. The zero-order chi connectivity index (χ0) is 23.4. The number of H-pyrrole nitrogens is 1. The molecule has 2 heterocycles. The van der Waals surface area contributed by atoms with Crippen molar-refractivity contribution in [2.75, 3.05) is 38.2 Å². The van der Waals surface area contributed by atoms with Crippen LogP contribution in [0.1, 0.15) is 41.9 Å². The van der Waals surface area contributed by atoms with Crippen molar-refractivity contribution in [3.8, 4) is 11.8 Å². The molecule has 1 N–H and O–H groups in total. The summed E-state index contributed by atoms with van der Waals surface area (Å²) in [5.41, 5.74) is 5.69. The van der Waals surface area contributed by atoms with Gasteiger partial charge in [-0.25, -0.2) is 0 Å². The number of aryl methyl sites for hydroxylation is 2. The second-order valence-corrected chi connectivity index (χ2v) is 8.93. The molecule has 4 rings (SSSR count). The molecule has 0 aliphatic carbocycles. The molecular weight excluding hydrogens is 412 g/mol. The number of ether oxygens (including phenoxy) is 1. The minimum Gasteiger partial charge on any atom is -0.497 e. The van der Waals surface area contributed by atoms with Crippen LogP contribution < -0.4 is 9.64 Å². The fraction of sp³-hybridized carbons (Fsp3) is 0.407. The maximum atomic E-state index is 13.2. The van der Waals surface area contributed by atoms with Crippen LogP contribution in [0.25, 0.3) is 10.9 Å². The van der Waals surface area contributed by atoms with Crippen LogP contribution in [0.5, 0.6) is 5.75 Å². The zero-order valence-electron chi connectivity index (χ0n) is 19.7. The Morgan fingerprint density at radius 1 is 1.18 bits per heavy atom. The number of rotatable bonds is 7. The fourth-order valence-electron chi connectivity index (χ4n) is 4.72. The number of benzene rings is 2. The molecule has 1 saturated heterocycles. The number of hydrogen-bond acceptors (Lipinski definition) is 4. The Morgan fingerprint density at radius 3 is 2.67 bits per heavy atom. The first-order valence-corrected chi connectivity index (χ1v) is 11.6. The second-order valence-electron chi connectivity index (χ2n) is 8.93. The number of aromatic nitrogens is 1. The number of aromatic amines is 1. The molecule has 3 aromatic rings. The summed E-state index contributed by atoms with van der Waals surface area (Å²) in [7, 11) is 1.70. The highest BCUT2D eigenvalue weighted by atomic mass is 16.5. The van der Waals surface area contributed by atoms with Crippen molar-refractivity contribution >= 4 is 22.5 Å². The maximum Gasteiger partial charge on any atom is 0.241 e. The lowest BCUT2D eigenvalue weighted by atomic mass is 9.89. The van der Waals surface area contributed by atoms with E-state index in [0.29, 0.717) is 25.4 Å². The molecule has 1 aromatic heterocycles. The zero-order valence-corrected chi connectivity index (χ0v) is 19.7. The molecule has 1 fully saturated rings. The van der Waals surface area contributed by atoms with Crippen molar-refractivity contribution in [3.05, 3.63) is 59.3 Å². The molecule has 0 bridgehead atoms. The number of carbonyl (C=O) groups excluding carboxylic acids is 1. The molecule has 0 radical (unpaired) electrons. The molecule has 33 heavy (non-hydrogen) atoms. The number of nitriles is 1. The van der Waals surface area contributed by atoms with Gasteiger partial charge in [-0.15, -0.1) is 0 Å². The van der Waals surface area contributed by atoms with E-state index >= 15 is 0 Å². The first-order valence-electron chi connectivity index (χ1n) is 11.6. The molecule has 1 aliphatic heterocycles. The molecule has 1 aliphatic rings. The van der Waals surface area contributed by atoms with Crippen LogP contribution in [0.2, 0.25) is 0 Å². The highest BCUT2D eigenvalue weighted by Crippen LogP contribution is 2.34. The number of likely N-dealkylation sites (tertiary alicyclic amines) is 1. The molecule has 1 amide bonds. The highest BCUT2D eigenvalue weighted by Gasteiger charge is 2.26. The third kappa shape index (κ3) is 5.04.